The highest BCUT2D eigenvalue weighted by Gasteiger charge is 2.21. The number of nitrogens with zero attached hydrogens (tertiary/aromatic N) is 2. The Morgan fingerprint density at radius 2 is 2.15 bits per heavy atom. The molecule has 0 aliphatic heterocycles. The molecule has 0 aliphatic carbocycles. The largest absolute Gasteiger partial charge is 0.372 e. The molecule has 0 aliphatic rings. The average Bonchev–Trinajstić information content (AvgIpc) is 3.13. The van der Waals surface area contributed by atoms with E-state index in [4.69, 9.17) is 5.26 Å². The Bertz CT molecular complexity index is 973. The Balaban J connectivity index is 1.87. The van der Waals surface area contributed by atoms with Gasteiger partial charge in [0.25, 0.3) is 0 Å². The lowest BCUT2D eigenvalue weighted by molar-refractivity contribution is -0.121. The number of hydrogen-bond donors (Lipinski definition) is 2. The van der Waals surface area contributed by atoms with Crippen LogP contribution in [-0.4, -0.2) is 23.5 Å². The van der Waals surface area contributed by atoms with Crippen LogP contribution in [0.15, 0.2) is 47.3 Å². The summed E-state index contributed by atoms with van der Waals surface area (Å²) in [6.45, 7) is 4.18. The molecule has 1 aromatic carbocycles. The minimum absolute atomic E-state index is 0.0171. The van der Waals surface area contributed by atoms with Gasteiger partial charge in [0.1, 0.15) is 12.6 Å². The summed E-state index contributed by atoms with van der Waals surface area (Å²) in [5.74, 6) is 0.203. The second-order valence-corrected chi connectivity index (χ2v) is 7.56. The van der Waals surface area contributed by atoms with Gasteiger partial charge in [0.05, 0.1) is 17.3 Å². The van der Waals surface area contributed by atoms with Gasteiger partial charge >= 0.3 is 0 Å². The highest BCUT2D eigenvalue weighted by Crippen LogP contribution is 2.34. The molecule has 0 saturated heterocycles. The molecule has 2 aromatic heterocycles. The number of carbonyl (C=O) groups is 1. The third-order valence-corrected chi connectivity index (χ3v) is 5.01. The first-order chi connectivity index (χ1) is 13.1. The van der Waals surface area contributed by atoms with Crippen molar-refractivity contribution in [3.8, 4) is 17.2 Å². The predicted molar refractivity (Wildman–Crippen MR) is 111 cm³/mol. The molecule has 3 aromatic rings. The Morgan fingerprint density at radius 3 is 2.93 bits per heavy atom. The van der Waals surface area contributed by atoms with Crippen molar-refractivity contribution in [2.45, 2.75) is 26.3 Å². The third-order valence-electron chi connectivity index (χ3n) is 4.27. The normalized spacial score (nSPS) is 11.9. The average molecular weight is 379 g/mol. The summed E-state index contributed by atoms with van der Waals surface area (Å²) < 4.78 is 0. The fourth-order valence-electron chi connectivity index (χ4n) is 3.02. The zero-order valence-corrected chi connectivity index (χ0v) is 16.2. The second kappa shape index (κ2) is 8.65. The van der Waals surface area contributed by atoms with Crippen LogP contribution in [0.3, 0.4) is 0 Å². The predicted octanol–water partition coefficient (Wildman–Crippen LogP) is 4.43. The number of hydrogen-bond acceptors (Lipinski definition) is 5. The number of anilines is 1. The van der Waals surface area contributed by atoms with Gasteiger partial charge in [0, 0.05) is 27.9 Å². The van der Waals surface area contributed by atoms with Crippen molar-refractivity contribution in [2.75, 3.05) is 11.9 Å². The van der Waals surface area contributed by atoms with E-state index in [1.165, 1.54) is 0 Å². The molecule has 0 radical (unpaired) electrons. The summed E-state index contributed by atoms with van der Waals surface area (Å²) in [7, 11) is 0. The molecule has 0 unspecified atom stereocenters. The number of nitriles is 1. The van der Waals surface area contributed by atoms with E-state index >= 15 is 0 Å². The molecule has 27 heavy (non-hydrogen) atoms. The quantitative estimate of drug-likeness (QED) is 0.596. The fourth-order valence-corrected chi connectivity index (χ4v) is 3.81. The summed E-state index contributed by atoms with van der Waals surface area (Å²) in [6.07, 6.45) is 2.48. The molecular formula is C21H22N4OS. The SMILES string of the molecule is CC(C)C[C@H](Nc1cscc1-c1ccc2ncccc2c1)C(=O)NCC#N. The Hall–Kier alpha value is -2.91. The topological polar surface area (TPSA) is 77.8 Å². The minimum Gasteiger partial charge on any atom is -0.372 e. The van der Waals surface area contributed by atoms with Crippen molar-refractivity contribution in [3.63, 3.8) is 0 Å². The smallest absolute Gasteiger partial charge is 0.243 e. The monoisotopic (exact) mass is 378 g/mol. The van der Waals surface area contributed by atoms with Crippen molar-refractivity contribution in [1.29, 1.82) is 5.26 Å². The van der Waals surface area contributed by atoms with Crippen LogP contribution >= 0.6 is 11.3 Å². The van der Waals surface area contributed by atoms with Gasteiger partial charge in [-0.3, -0.25) is 9.78 Å². The van der Waals surface area contributed by atoms with Crippen LogP contribution in [0.2, 0.25) is 0 Å². The lowest BCUT2D eigenvalue weighted by atomic mass is 10.0. The Labute approximate surface area is 163 Å². The van der Waals surface area contributed by atoms with E-state index in [1.807, 2.05) is 29.6 Å². The van der Waals surface area contributed by atoms with Gasteiger partial charge in [-0.1, -0.05) is 26.0 Å². The van der Waals surface area contributed by atoms with Crippen LogP contribution in [0.4, 0.5) is 5.69 Å². The first-order valence-corrected chi connectivity index (χ1v) is 9.85. The second-order valence-electron chi connectivity index (χ2n) is 6.81. The maximum Gasteiger partial charge on any atom is 0.243 e. The Morgan fingerprint density at radius 1 is 1.30 bits per heavy atom. The number of thiophene rings is 1. The van der Waals surface area contributed by atoms with Crippen molar-refractivity contribution in [2.24, 2.45) is 5.92 Å². The minimum atomic E-state index is -0.381. The molecule has 3 rings (SSSR count). The molecule has 2 N–H and O–H groups in total. The van der Waals surface area contributed by atoms with Crippen LogP contribution in [0, 0.1) is 17.2 Å². The van der Waals surface area contributed by atoms with Gasteiger partial charge in [0.15, 0.2) is 0 Å². The van der Waals surface area contributed by atoms with E-state index < -0.39 is 0 Å². The number of pyridine rings is 1. The fraction of sp³-hybridized carbons (Fsp3) is 0.286. The lowest BCUT2D eigenvalue weighted by Crippen LogP contribution is -2.40. The maximum absolute atomic E-state index is 12.5. The molecule has 2 heterocycles. The van der Waals surface area contributed by atoms with Gasteiger partial charge in [-0.05, 0) is 36.1 Å². The summed E-state index contributed by atoms with van der Waals surface area (Å²) in [6, 6.07) is 11.7. The number of aromatic nitrogens is 1. The first kappa shape index (κ1) is 18.9. The van der Waals surface area contributed by atoms with Crippen LogP contribution in [0.25, 0.3) is 22.0 Å². The number of benzene rings is 1. The highest BCUT2D eigenvalue weighted by molar-refractivity contribution is 7.08. The van der Waals surface area contributed by atoms with E-state index in [0.29, 0.717) is 12.3 Å². The summed E-state index contributed by atoms with van der Waals surface area (Å²) >= 11 is 1.59. The lowest BCUT2D eigenvalue weighted by Gasteiger charge is -2.21. The van der Waals surface area contributed by atoms with Gasteiger partial charge in [-0.2, -0.15) is 5.26 Å². The summed E-state index contributed by atoms with van der Waals surface area (Å²) in [5.41, 5.74) is 4.04. The van der Waals surface area contributed by atoms with Crippen molar-refractivity contribution >= 4 is 33.8 Å². The summed E-state index contributed by atoms with van der Waals surface area (Å²) in [5, 5.41) is 20.0. The standard InChI is InChI=1S/C21H22N4OS/c1-14(2)10-19(21(26)24-9-7-22)25-20-13-27-12-17(20)15-5-6-18-16(11-15)4-3-8-23-18/h3-6,8,11-14,19,25H,9-10H2,1-2H3,(H,24,26)/t19-/m0/s1. The molecule has 0 fully saturated rings. The number of rotatable bonds is 7. The molecule has 138 valence electrons. The van der Waals surface area contributed by atoms with E-state index in [9.17, 15) is 4.79 Å². The number of carbonyl (C=O) groups excluding carboxylic acids is 1. The molecule has 6 heteroatoms. The first-order valence-electron chi connectivity index (χ1n) is 8.91. The molecule has 0 spiro atoms. The highest BCUT2D eigenvalue weighted by atomic mass is 32.1. The van der Waals surface area contributed by atoms with Crippen LogP contribution in [-0.2, 0) is 4.79 Å². The van der Waals surface area contributed by atoms with Crippen LogP contribution < -0.4 is 10.6 Å². The number of fused-ring (bicyclic) bond motifs is 1. The molecule has 5 nitrogen and oxygen atoms in total. The van der Waals surface area contributed by atoms with Gasteiger partial charge in [-0.25, -0.2) is 0 Å². The number of amides is 1. The van der Waals surface area contributed by atoms with E-state index in [2.05, 4.69) is 47.0 Å². The van der Waals surface area contributed by atoms with E-state index in [-0.39, 0.29) is 18.5 Å². The van der Waals surface area contributed by atoms with Crippen LogP contribution in [0.5, 0.6) is 0 Å². The third kappa shape index (κ3) is 4.63. The van der Waals surface area contributed by atoms with Gasteiger partial charge < -0.3 is 10.6 Å². The van der Waals surface area contributed by atoms with E-state index in [0.717, 1.165) is 27.7 Å². The Kier molecular flexibility index (Phi) is 6.05. The zero-order valence-electron chi connectivity index (χ0n) is 15.4. The van der Waals surface area contributed by atoms with Crippen LogP contribution in [0.1, 0.15) is 20.3 Å². The van der Waals surface area contributed by atoms with Crippen molar-refractivity contribution in [1.82, 2.24) is 10.3 Å². The van der Waals surface area contributed by atoms with Crippen molar-refractivity contribution in [3.05, 3.63) is 47.3 Å². The van der Waals surface area contributed by atoms with E-state index in [1.54, 1.807) is 17.5 Å². The summed E-state index contributed by atoms with van der Waals surface area (Å²) in [4.78, 5) is 16.8. The van der Waals surface area contributed by atoms with Gasteiger partial charge in [0.2, 0.25) is 5.91 Å². The number of nitrogens with one attached hydrogen (secondary N) is 2. The molecular weight excluding hydrogens is 356 g/mol. The van der Waals surface area contributed by atoms with Crippen molar-refractivity contribution < 1.29 is 4.79 Å². The molecule has 0 saturated carbocycles. The molecule has 1 amide bonds. The molecule has 0 bridgehead atoms. The van der Waals surface area contributed by atoms with Gasteiger partial charge in [-0.15, -0.1) is 11.3 Å². The zero-order chi connectivity index (χ0) is 19.2. The maximum atomic E-state index is 12.5. The molecule has 1 atom stereocenters.